The highest BCUT2D eigenvalue weighted by atomic mass is 32.2. The van der Waals surface area contributed by atoms with Gasteiger partial charge >= 0.3 is 0 Å². The SMILES string of the molecule is COc1ccc(C)cc1N(CC(=O)NCCC(C)C)S(=O)(=O)c1ccc(C)cc1. The number of ether oxygens (including phenoxy) is 1. The smallest absolute Gasteiger partial charge is 0.264 e. The molecule has 0 fully saturated rings. The maximum Gasteiger partial charge on any atom is 0.264 e. The second-order valence-corrected chi connectivity index (χ2v) is 9.39. The van der Waals surface area contributed by atoms with Crippen molar-refractivity contribution in [3.63, 3.8) is 0 Å². The molecule has 158 valence electrons. The summed E-state index contributed by atoms with van der Waals surface area (Å²) in [5.41, 5.74) is 2.16. The van der Waals surface area contributed by atoms with E-state index < -0.39 is 10.0 Å². The Morgan fingerprint density at radius 3 is 2.28 bits per heavy atom. The number of nitrogens with zero attached hydrogens (tertiary/aromatic N) is 1. The van der Waals surface area contributed by atoms with Crippen molar-refractivity contribution in [3.8, 4) is 5.75 Å². The van der Waals surface area contributed by atoms with Crippen LogP contribution in [0.15, 0.2) is 47.4 Å². The highest BCUT2D eigenvalue weighted by Gasteiger charge is 2.29. The predicted molar refractivity (Wildman–Crippen MR) is 116 cm³/mol. The molecule has 0 heterocycles. The molecule has 0 saturated heterocycles. The number of nitrogens with one attached hydrogen (secondary N) is 1. The van der Waals surface area contributed by atoms with Gasteiger partial charge in [0, 0.05) is 6.54 Å². The molecule has 0 radical (unpaired) electrons. The van der Waals surface area contributed by atoms with E-state index in [0.717, 1.165) is 21.9 Å². The molecule has 7 heteroatoms. The summed E-state index contributed by atoms with van der Waals surface area (Å²) in [4.78, 5) is 12.7. The molecular weight excluding hydrogens is 388 g/mol. The lowest BCUT2D eigenvalue weighted by molar-refractivity contribution is -0.119. The Morgan fingerprint density at radius 1 is 1.07 bits per heavy atom. The van der Waals surface area contributed by atoms with Crippen LogP contribution in [0, 0.1) is 19.8 Å². The zero-order chi connectivity index (χ0) is 21.6. The highest BCUT2D eigenvalue weighted by Crippen LogP contribution is 2.33. The zero-order valence-electron chi connectivity index (χ0n) is 17.7. The average Bonchev–Trinajstić information content (AvgIpc) is 2.66. The topological polar surface area (TPSA) is 75.7 Å². The summed E-state index contributed by atoms with van der Waals surface area (Å²) < 4.78 is 33.4. The summed E-state index contributed by atoms with van der Waals surface area (Å²) in [6.45, 7) is 8.06. The summed E-state index contributed by atoms with van der Waals surface area (Å²) in [7, 11) is -2.48. The van der Waals surface area contributed by atoms with Gasteiger partial charge in [-0.15, -0.1) is 0 Å². The van der Waals surface area contributed by atoms with Crippen molar-refractivity contribution in [1.29, 1.82) is 0 Å². The molecular formula is C22H30N2O4S. The third-order valence-electron chi connectivity index (χ3n) is 4.54. The van der Waals surface area contributed by atoms with Crippen LogP contribution >= 0.6 is 0 Å². The van der Waals surface area contributed by atoms with E-state index in [1.54, 1.807) is 36.4 Å². The number of hydrogen-bond acceptors (Lipinski definition) is 4. The second kappa shape index (κ2) is 9.78. The van der Waals surface area contributed by atoms with Crippen molar-refractivity contribution in [2.24, 2.45) is 5.92 Å². The van der Waals surface area contributed by atoms with Crippen molar-refractivity contribution < 1.29 is 17.9 Å². The molecule has 1 N–H and O–H groups in total. The van der Waals surface area contributed by atoms with E-state index >= 15 is 0 Å². The molecule has 2 aromatic carbocycles. The monoisotopic (exact) mass is 418 g/mol. The molecule has 29 heavy (non-hydrogen) atoms. The Morgan fingerprint density at radius 2 is 1.69 bits per heavy atom. The molecule has 1 amide bonds. The number of amides is 1. The van der Waals surface area contributed by atoms with Gasteiger partial charge in [0.1, 0.15) is 12.3 Å². The highest BCUT2D eigenvalue weighted by molar-refractivity contribution is 7.92. The number of sulfonamides is 1. The van der Waals surface area contributed by atoms with Crippen LogP contribution in [0.1, 0.15) is 31.4 Å². The first-order valence-electron chi connectivity index (χ1n) is 9.66. The lowest BCUT2D eigenvalue weighted by Gasteiger charge is -2.26. The van der Waals surface area contributed by atoms with E-state index in [1.807, 2.05) is 19.9 Å². The van der Waals surface area contributed by atoms with E-state index in [-0.39, 0.29) is 17.3 Å². The fourth-order valence-electron chi connectivity index (χ4n) is 2.82. The van der Waals surface area contributed by atoms with Crippen LogP contribution in [-0.2, 0) is 14.8 Å². The summed E-state index contributed by atoms with van der Waals surface area (Å²) in [6.07, 6.45) is 0.824. The number of anilines is 1. The standard InChI is InChI=1S/C22H30N2O4S/c1-16(2)12-13-23-22(25)15-24(20-14-18(4)8-11-21(20)28-5)29(26,27)19-9-6-17(3)7-10-19/h6-11,14,16H,12-13,15H2,1-5H3,(H,23,25). The number of carbonyl (C=O) groups is 1. The number of methoxy groups -OCH3 is 1. The minimum Gasteiger partial charge on any atom is -0.495 e. The van der Waals surface area contributed by atoms with E-state index in [2.05, 4.69) is 19.2 Å². The third kappa shape index (κ3) is 5.97. The maximum absolute atomic E-state index is 13.4. The first-order chi connectivity index (χ1) is 13.6. The van der Waals surface area contributed by atoms with Gasteiger partial charge in [0.25, 0.3) is 10.0 Å². The van der Waals surface area contributed by atoms with Gasteiger partial charge in [-0.25, -0.2) is 8.42 Å². The Bertz CT molecular complexity index is 938. The van der Waals surface area contributed by atoms with Gasteiger partial charge in [0.2, 0.25) is 5.91 Å². The average molecular weight is 419 g/mol. The van der Waals surface area contributed by atoms with Gasteiger partial charge in [0.15, 0.2) is 0 Å². The molecule has 0 bridgehead atoms. The fraction of sp³-hybridized carbons (Fsp3) is 0.409. The molecule has 2 aromatic rings. The Labute approximate surface area is 173 Å². The minimum absolute atomic E-state index is 0.127. The lowest BCUT2D eigenvalue weighted by Crippen LogP contribution is -2.41. The van der Waals surface area contributed by atoms with Crippen LogP contribution < -0.4 is 14.4 Å². The van der Waals surface area contributed by atoms with Crippen LogP contribution in [0.25, 0.3) is 0 Å². The maximum atomic E-state index is 13.4. The van der Waals surface area contributed by atoms with Gasteiger partial charge < -0.3 is 10.1 Å². The minimum atomic E-state index is -3.96. The van der Waals surface area contributed by atoms with Crippen molar-refractivity contribution in [2.45, 2.75) is 39.0 Å². The van der Waals surface area contributed by atoms with Gasteiger partial charge in [0.05, 0.1) is 17.7 Å². The van der Waals surface area contributed by atoms with Gasteiger partial charge in [-0.3, -0.25) is 9.10 Å². The van der Waals surface area contributed by atoms with E-state index in [9.17, 15) is 13.2 Å². The molecule has 0 aliphatic carbocycles. The summed E-state index contributed by atoms with van der Waals surface area (Å²) >= 11 is 0. The first-order valence-corrected chi connectivity index (χ1v) is 11.1. The van der Waals surface area contributed by atoms with Crippen LogP contribution in [0.4, 0.5) is 5.69 Å². The second-order valence-electron chi connectivity index (χ2n) is 7.53. The largest absolute Gasteiger partial charge is 0.495 e. The van der Waals surface area contributed by atoms with Gasteiger partial charge in [-0.2, -0.15) is 0 Å². The summed E-state index contributed by atoms with van der Waals surface area (Å²) in [5, 5.41) is 2.81. The van der Waals surface area contributed by atoms with Crippen LogP contribution in [0.3, 0.4) is 0 Å². The van der Waals surface area contributed by atoms with Crippen LogP contribution in [0.2, 0.25) is 0 Å². The normalized spacial score (nSPS) is 11.4. The van der Waals surface area contributed by atoms with Gasteiger partial charge in [-0.1, -0.05) is 37.6 Å². The number of rotatable bonds is 9. The molecule has 0 atom stereocenters. The van der Waals surface area contributed by atoms with Crippen LogP contribution in [-0.4, -0.2) is 34.5 Å². The number of hydrogen-bond donors (Lipinski definition) is 1. The van der Waals surface area contributed by atoms with Crippen molar-refractivity contribution in [3.05, 3.63) is 53.6 Å². The number of benzene rings is 2. The molecule has 0 aliphatic rings. The van der Waals surface area contributed by atoms with Crippen molar-refractivity contribution in [1.82, 2.24) is 5.32 Å². The molecule has 0 unspecified atom stereocenters. The summed E-state index contributed by atoms with van der Waals surface area (Å²) in [5.74, 6) is 0.478. The Kier molecular flexibility index (Phi) is 7.67. The predicted octanol–water partition coefficient (Wildman–Crippen LogP) is 3.67. The van der Waals surface area contributed by atoms with Gasteiger partial charge in [-0.05, 0) is 56.0 Å². The lowest BCUT2D eigenvalue weighted by atomic mass is 10.1. The summed E-state index contributed by atoms with van der Waals surface area (Å²) in [6, 6.07) is 11.8. The molecule has 6 nitrogen and oxygen atoms in total. The number of carbonyl (C=O) groups excluding carboxylic acids is 1. The molecule has 0 aliphatic heterocycles. The van der Waals surface area contributed by atoms with E-state index in [1.165, 1.54) is 7.11 Å². The molecule has 2 rings (SSSR count). The van der Waals surface area contributed by atoms with E-state index in [0.29, 0.717) is 23.9 Å². The quantitative estimate of drug-likeness (QED) is 0.674. The Balaban J connectivity index is 2.44. The number of aryl methyl sites for hydroxylation is 2. The van der Waals surface area contributed by atoms with Crippen molar-refractivity contribution in [2.75, 3.05) is 24.5 Å². The van der Waals surface area contributed by atoms with Crippen LogP contribution in [0.5, 0.6) is 5.75 Å². The Hall–Kier alpha value is -2.54. The fourth-order valence-corrected chi connectivity index (χ4v) is 4.24. The molecule has 0 saturated carbocycles. The molecule has 0 spiro atoms. The zero-order valence-corrected chi connectivity index (χ0v) is 18.5. The van der Waals surface area contributed by atoms with Crippen molar-refractivity contribution >= 4 is 21.6 Å². The van der Waals surface area contributed by atoms with E-state index in [4.69, 9.17) is 4.74 Å². The molecule has 0 aromatic heterocycles. The first kappa shape index (κ1) is 22.7. The third-order valence-corrected chi connectivity index (χ3v) is 6.32.